The molecule has 1 heterocycles. The predicted octanol–water partition coefficient (Wildman–Crippen LogP) is 4.67. The first-order valence-corrected chi connectivity index (χ1v) is 8.64. The highest BCUT2D eigenvalue weighted by molar-refractivity contribution is 7.80. The molecular weight excluding hydrogens is 328 g/mol. The highest BCUT2D eigenvalue weighted by atomic mass is 32.1. The average molecular weight is 350 g/mol. The number of benzene rings is 2. The molecule has 0 bridgehead atoms. The van der Waals surface area contributed by atoms with Crippen LogP contribution >= 0.6 is 12.2 Å². The lowest BCUT2D eigenvalue weighted by atomic mass is 10.1. The minimum atomic E-state index is 0.559. The van der Waals surface area contributed by atoms with E-state index in [0.717, 1.165) is 23.5 Å². The number of rotatable bonds is 4. The highest BCUT2D eigenvalue weighted by Gasteiger charge is 2.05. The summed E-state index contributed by atoms with van der Waals surface area (Å²) in [6.07, 6.45) is 3.75. The molecule has 128 valence electrons. The Morgan fingerprint density at radius 2 is 1.84 bits per heavy atom. The standard InChI is InChI=1S/C20H22N4S/c1-14-8-9-16(3)19(10-14)23-20(25)22-18-11-21-24(13-18)12-17-7-5-4-6-15(17)2/h4-11,13H,12H2,1-3H3,(H2,22,23,25). The summed E-state index contributed by atoms with van der Waals surface area (Å²) < 4.78 is 1.91. The van der Waals surface area contributed by atoms with E-state index >= 15 is 0 Å². The first-order valence-electron chi connectivity index (χ1n) is 8.23. The van der Waals surface area contributed by atoms with Crippen LogP contribution in [-0.4, -0.2) is 14.9 Å². The minimum absolute atomic E-state index is 0.559. The fourth-order valence-corrected chi connectivity index (χ4v) is 2.86. The normalized spacial score (nSPS) is 10.5. The molecule has 3 aromatic rings. The zero-order valence-corrected chi connectivity index (χ0v) is 15.5. The summed E-state index contributed by atoms with van der Waals surface area (Å²) in [5, 5.41) is 11.4. The van der Waals surface area contributed by atoms with Crippen LogP contribution in [0.15, 0.2) is 54.9 Å². The van der Waals surface area contributed by atoms with Gasteiger partial charge in [-0.1, -0.05) is 36.4 Å². The molecule has 0 fully saturated rings. The average Bonchev–Trinajstić information content (AvgIpc) is 3.00. The van der Waals surface area contributed by atoms with Crippen LogP contribution in [0.3, 0.4) is 0 Å². The smallest absolute Gasteiger partial charge is 0.175 e. The number of nitrogens with one attached hydrogen (secondary N) is 2. The van der Waals surface area contributed by atoms with Crippen molar-refractivity contribution >= 4 is 28.7 Å². The van der Waals surface area contributed by atoms with E-state index < -0.39 is 0 Å². The van der Waals surface area contributed by atoms with E-state index in [2.05, 4.69) is 66.8 Å². The Morgan fingerprint density at radius 3 is 2.64 bits per heavy atom. The third-order valence-corrected chi connectivity index (χ3v) is 4.33. The van der Waals surface area contributed by atoms with Gasteiger partial charge in [0.25, 0.3) is 0 Å². The minimum Gasteiger partial charge on any atom is -0.332 e. The van der Waals surface area contributed by atoms with Crippen LogP contribution in [0.2, 0.25) is 0 Å². The van der Waals surface area contributed by atoms with Crippen LogP contribution in [0.4, 0.5) is 11.4 Å². The third kappa shape index (κ3) is 4.45. The zero-order chi connectivity index (χ0) is 17.8. The van der Waals surface area contributed by atoms with Gasteiger partial charge in [-0.05, 0) is 61.3 Å². The summed E-state index contributed by atoms with van der Waals surface area (Å²) in [6, 6.07) is 14.6. The fraction of sp³-hybridized carbons (Fsp3) is 0.200. The van der Waals surface area contributed by atoms with Crippen molar-refractivity contribution in [1.29, 1.82) is 0 Å². The molecule has 0 aliphatic rings. The van der Waals surface area contributed by atoms with Gasteiger partial charge in [-0.2, -0.15) is 5.10 Å². The molecule has 0 radical (unpaired) electrons. The number of aryl methyl sites for hydroxylation is 3. The number of anilines is 2. The first kappa shape index (κ1) is 17.2. The zero-order valence-electron chi connectivity index (χ0n) is 14.7. The van der Waals surface area contributed by atoms with Gasteiger partial charge in [-0.25, -0.2) is 0 Å². The Morgan fingerprint density at radius 1 is 1.04 bits per heavy atom. The Bertz CT molecular complexity index is 898. The van der Waals surface area contributed by atoms with Gasteiger partial charge in [0.15, 0.2) is 5.11 Å². The highest BCUT2D eigenvalue weighted by Crippen LogP contribution is 2.17. The van der Waals surface area contributed by atoms with Gasteiger partial charge in [0.2, 0.25) is 0 Å². The van der Waals surface area contributed by atoms with Crippen LogP contribution in [0.25, 0.3) is 0 Å². The summed E-state index contributed by atoms with van der Waals surface area (Å²) in [5.74, 6) is 0. The van der Waals surface area contributed by atoms with E-state index in [9.17, 15) is 0 Å². The van der Waals surface area contributed by atoms with Crippen molar-refractivity contribution in [2.45, 2.75) is 27.3 Å². The van der Waals surface area contributed by atoms with Crippen molar-refractivity contribution in [1.82, 2.24) is 9.78 Å². The van der Waals surface area contributed by atoms with Gasteiger partial charge >= 0.3 is 0 Å². The number of hydrogen-bond donors (Lipinski definition) is 2. The quantitative estimate of drug-likeness (QED) is 0.671. The van der Waals surface area contributed by atoms with Crippen LogP contribution in [0, 0.1) is 20.8 Å². The molecule has 3 rings (SSSR count). The molecule has 0 aliphatic carbocycles. The van der Waals surface area contributed by atoms with Crippen LogP contribution in [0.1, 0.15) is 22.3 Å². The molecule has 0 aliphatic heterocycles. The second-order valence-electron chi connectivity index (χ2n) is 6.25. The van der Waals surface area contributed by atoms with Gasteiger partial charge < -0.3 is 10.6 Å². The van der Waals surface area contributed by atoms with Crippen LogP contribution in [-0.2, 0) is 6.54 Å². The Balaban J connectivity index is 1.64. The monoisotopic (exact) mass is 350 g/mol. The molecule has 4 nitrogen and oxygen atoms in total. The molecule has 0 saturated carbocycles. The third-order valence-electron chi connectivity index (χ3n) is 4.13. The van der Waals surface area contributed by atoms with Crippen LogP contribution < -0.4 is 10.6 Å². The second-order valence-corrected chi connectivity index (χ2v) is 6.66. The van der Waals surface area contributed by atoms with Crippen molar-refractivity contribution < 1.29 is 0 Å². The Kier molecular flexibility index (Phi) is 5.14. The maximum Gasteiger partial charge on any atom is 0.175 e. The Labute approximate surface area is 153 Å². The van der Waals surface area contributed by atoms with E-state index in [1.54, 1.807) is 6.20 Å². The fourth-order valence-electron chi connectivity index (χ4n) is 2.63. The van der Waals surface area contributed by atoms with Crippen molar-refractivity contribution in [2.75, 3.05) is 10.6 Å². The van der Waals surface area contributed by atoms with Gasteiger partial charge in [0.1, 0.15) is 0 Å². The van der Waals surface area contributed by atoms with E-state index in [1.807, 2.05) is 23.0 Å². The molecule has 0 saturated heterocycles. The van der Waals surface area contributed by atoms with Crippen molar-refractivity contribution in [3.8, 4) is 0 Å². The van der Waals surface area contributed by atoms with Gasteiger partial charge in [-0.15, -0.1) is 0 Å². The molecule has 0 atom stereocenters. The van der Waals surface area contributed by atoms with E-state index in [-0.39, 0.29) is 0 Å². The van der Waals surface area contributed by atoms with E-state index in [1.165, 1.54) is 16.7 Å². The number of aromatic nitrogens is 2. The van der Waals surface area contributed by atoms with Gasteiger partial charge in [0.05, 0.1) is 18.4 Å². The molecule has 1 aromatic heterocycles. The summed E-state index contributed by atoms with van der Waals surface area (Å²) in [7, 11) is 0. The predicted molar refractivity (Wildman–Crippen MR) is 108 cm³/mol. The molecule has 0 amide bonds. The first-order chi connectivity index (χ1) is 12.0. The SMILES string of the molecule is Cc1ccc(C)c(NC(=S)Nc2cnn(Cc3ccccc3C)c2)c1. The summed E-state index contributed by atoms with van der Waals surface area (Å²) in [6.45, 7) is 6.98. The van der Waals surface area contributed by atoms with Crippen molar-refractivity contribution in [3.63, 3.8) is 0 Å². The van der Waals surface area contributed by atoms with Gasteiger partial charge in [0, 0.05) is 11.9 Å². The molecule has 0 spiro atoms. The van der Waals surface area contributed by atoms with Gasteiger partial charge in [-0.3, -0.25) is 4.68 Å². The number of nitrogens with zero attached hydrogens (tertiary/aromatic N) is 2. The summed E-state index contributed by atoms with van der Waals surface area (Å²) in [4.78, 5) is 0. The van der Waals surface area contributed by atoms with Crippen molar-refractivity contribution in [2.24, 2.45) is 0 Å². The summed E-state index contributed by atoms with van der Waals surface area (Å²) in [5.41, 5.74) is 6.76. The molecule has 2 N–H and O–H groups in total. The molecule has 25 heavy (non-hydrogen) atoms. The maximum atomic E-state index is 5.42. The second kappa shape index (κ2) is 7.49. The van der Waals surface area contributed by atoms with E-state index in [4.69, 9.17) is 12.2 Å². The number of thiocarbonyl (C=S) groups is 1. The topological polar surface area (TPSA) is 41.9 Å². The lowest BCUT2D eigenvalue weighted by Gasteiger charge is -2.12. The van der Waals surface area contributed by atoms with Crippen LogP contribution in [0.5, 0.6) is 0 Å². The molecule has 0 unspecified atom stereocenters. The number of hydrogen-bond acceptors (Lipinski definition) is 2. The van der Waals surface area contributed by atoms with Crippen molar-refractivity contribution in [3.05, 3.63) is 77.1 Å². The lowest BCUT2D eigenvalue weighted by molar-refractivity contribution is 0.684. The summed E-state index contributed by atoms with van der Waals surface area (Å²) >= 11 is 5.42. The maximum absolute atomic E-state index is 5.42. The lowest BCUT2D eigenvalue weighted by Crippen LogP contribution is -2.19. The molecule has 5 heteroatoms. The Hall–Kier alpha value is -2.66. The van der Waals surface area contributed by atoms with E-state index in [0.29, 0.717) is 5.11 Å². The largest absolute Gasteiger partial charge is 0.332 e. The molecule has 2 aromatic carbocycles. The molecular formula is C20H22N4S.